The lowest BCUT2D eigenvalue weighted by molar-refractivity contribution is 0.167. The van der Waals surface area contributed by atoms with Crippen LogP contribution in [-0.4, -0.2) is 28.7 Å². The van der Waals surface area contributed by atoms with E-state index in [1.54, 1.807) is 0 Å². The molecule has 1 atom stereocenters. The average molecular weight is 233 g/mol. The molecule has 0 spiro atoms. The van der Waals surface area contributed by atoms with E-state index in [4.69, 9.17) is 0 Å². The number of aliphatic hydroxyl groups is 1. The molecule has 1 aromatic rings. The van der Waals surface area contributed by atoms with Crippen LogP contribution >= 0.6 is 0 Å². The predicted octanol–water partition coefficient (Wildman–Crippen LogP) is 2.81. The summed E-state index contributed by atoms with van der Waals surface area (Å²) in [7, 11) is 0. The molecule has 0 radical (unpaired) electrons. The third kappa shape index (κ3) is 4.49. The van der Waals surface area contributed by atoms with Crippen LogP contribution in [0, 0.1) is 0 Å². The Morgan fingerprint density at radius 1 is 1.29 bits per heavy atom. The summed E-state index contributed by atoms with van der Waals surface area (Å²) < 4.78 is 0. The van der Waals surface area contributed by atoms with Gasteiger partial charge in [0, 0.05) is 12.6 Å². The van der Waals surface area contributed by atoms with Gasteiger partial charge < -0.3 is 5.11 Å². The third-order valence-corrected chi connectivity index (χ3v) is 3.36. The molecule has 2 rings (SSSR count). The van der Waals surface area contributed by atoms with Crippen LogP contribution in [0.4, 0.5) is 0 Å². The zero-order chi connectivity index (χ0) is 12.1. The SMILES string of the molecule is CC(O)CCCN(Cc1ccccc1)C1CC1. The lowest BCUT2D eigenvalue weighted by Gasteiger charge is -2.22. The second-order valence-corrected chi connectivity index (χ2v) is 5.18. The molecule has 1 aliphatic rings. The van der Waals surface area contributed by atoms with Crippen molar-refractivity contribution in [3.8, 4) is 0 Å². The zero-order valence-electron chi connectivity index (χ0n) is 10.7. The minimum atomic E-state index is -0.159. The molecule has 1 aliphatic carbocycles. The van der Waals surface area contributed by atoms with Crippen LogP contribution < -0.4 is 0 Å². The number of nitrogens with zero attached hydrogens (tertiary/aromatic N) is 1. The Balaban J connectivity index is 1.81. The van der Waals surface area contributed by atoms with Gasteiger partial charge in [-0.05, 0) is 44.7 Å². The molecular formula is C15H23NO. The molecule has 0 bridgehead atoms. The van der Waals surface area contributed by atoms with Gasteiger partial charge in [-0.1, -0.05) is 30.3 Å². The smallest absolute Gasteiger partial charge is 0.0512 e. The number of aliphatic hydroxyl groups excluding tert-OH is 1. The minimum Gasteiger partial charge on any atom is -0.393 e. The summed E-state index contributed by atoms with van der Waals surface area (Å²) in [6, 6.07) is 11.5. The maximum Gasteiger partial charge on any atom is 0.0512 e. The van der Waals surface area contributed by atoms with Gasteiger partial charge in [-0.15, -0.1) is 0 Å². The fourth-order valence-electron chi connectivity index (χ4n) is 2.24. The number of hydrogen-bond acceptors (Lipinski definition) is 2. The van der Waals surface area contributed by atoms with Crippen LogP contribution in [0.25, 0.3) is 0 Å². The molecule has 1 fully saturated rings. The van der Waals surface area contributed by atoms with Crippen LogP contribution in [-0.2, 0) is 6.54 Å². The number of benzene rings is 1. The van der Waals surface area contributed by atoms with Crippen molar-refractivity contribution < 1.29 is 5.11 Å². The Hall–Kier alpha value is -0.860. The zero-order valence-corrected chi connectivity index (χ0v) is 10.7. The van der Waals surface area contributed by atoms with Crippen molar-refractivity contribution in [2.45, 2.75) is 51.3 Å². The van der Waals surface area contributed by atoms with E-state index in [1.165, 1.54) is 18.4 Å². The van der Waals surface area contributed by atoms with Crippen molar-refractivity contribution in [2.75, 3.05) is 6.54 Å². The standard InChI is InChI=1S/C15H23NO/c1-13(17)6-5-11-16(15-9-10-15)12-14-7-3-2-4-8-14/h2-4,7-8,13,15,17H,5-6,9-12H2,1H3. The summed E-state index contributed by atoms with van der Waals surface area (Å²) in [6.45, 7) is 4.05. The van der Waals surface area contributed by atoms with Crippen molar-refractivity contribution in [3.05, 3.63) is 35.9 Å². The van der Waals surface area contributed by atoms with Gasteiger partial charge in [0.25, 0.3) is 0 Å². The Kier molecular flexibility index (Phi) is 4.57. The second kappa shape index (κ2) is 6.18. The topological polar surface area (TPSA) is 23.5 Å². The predicted molar refractivity (Wildman–Crippen MR) is 70.8 cm³/mol. The molecule has 0 heterocycles. The first-order valence-electron chi connectivity index (χ1n) is 6.72. The monoisotopic (exact) mass is 233 g/mol. The summed E-state index contributed by atoms with van der Waals surface area (Å²) in [5.74, 6) is 0. The van der Waals surface area contributed by atoms with Crippen molar-refractivity contribution in [2.24, 2.45) is 0 Å². The first-order valence-corrected chi connectivity index (χ1v) is 6.72. The highest BCUT2D eigenvalue weighted by Gasteiger charge is 2.28. The molecule has 2 nitrogen and oxygen atoms in total. The molecule has 1 aromatic carbocycles. The van der Waals surface area contributed by atoms with Gasteiger partial charge in [-0.2, -0.15) is 0 Å². The van der Waals surface area contributed by atoms with Gasteiger partial charge in [0.15, 0.2) is 0 Å². The second-order valence-electron chi connectivity index (χ2n) is 5.18. The Labute approximate surface area is 104 Å². The maximum atomic E-state index is 9.29. The summed E-state index contributed by atoms with van der Waals surface area (Å²) in [6.07, 6.45) is 4.55. The van der Waals surface area contributed by atoms with E-state index in [2.05, 4.69) is 35.2 Å². The highest BCUT2D eigenvalue weighted by Crippen LogP contribution is 2.28. The minimum absolute atomic E-state index is 0.159. The Morgan fingerprint density at radius 3 is 2.59 bits per heavy atom. The van der Waals surface area contributed by atoms with E-state index in [0.29, 0.717) is 0 Å². The van der Waals surface area contributed by atoms with Gasteiger partial charge in [0.2, 0.25) is 0 Å². The molecule has 94 valence electrons. The first kappa shape index (κ1) is 12.6. The number of rotatable bonds is 7. The van der Waals surface area contributed by atoms with E-state index in [1.807, 2.05) is 6.92 Å². The van der Waals surface area contributed by atoms with Gasteiger partial charge >= 0.3 is 0 Å². The van der Waals surface area contributed by atoms with E-state index >= 15 is 0 Å². The highest BCUT2D eigenvalue weighted by molar-refractivity contribution is 5.14. The molecule has 1 unspecified atom stereocenters. The van der Waals surface area contributed by atoms with Crippen molar-refractivity contribution in [1.82, 2.24) is 4.90 Å². The molecule has 0 aromatic heterocycles. The molecule has 0 aliphatic heterocycles. The van der Waals surface area contributed by atoms with Gasteiger partial charge in [0.05, 0.1) is 6.10 Å². The van der Waals surface area contributed by atoms with Crippen LogP contribution in [0.3, 0.4) is 0 Å². The van der Waals surface area contributed by atoms with Gasteiger partial charge in [-0.3, -0.25) is 4.90 Å². The Morgan fingerprint density at radius 2 is 2.00 bits per heavy atom. The normalized spacial score (nSPS) is 17.4. The summed E-state index contributed by atoms with van der Waals surface area (Å²) in [5, 5.41) is 9.29. The van der Waals surface area contributed by atoms with Crippen LogP contribution in [0.15, 0.2) is 30.3 Å². The average Bonchev–Trinajstić information content (AvgIpc) is 3.12. The first-order chi connectivity index (χ1) is 8.25. The fraction of sp³-hybridized carbons (Fsp3) is 0.600. The molecular weight excluding hydrogens is 210 g/mol. The van der Waals surface area contributed by atoms with Crippen molar-refractivity contribution in [1.29, 1.82) is 0 Å². The largest absolute Gasteiger partial charge is 0.393 e. The quantitative estimate of drug-likeness (QED) is 0.783. The Bertz CT molecular complexity index is 319. The molecule has 1 saturated carbocycles. The lowest BCUT2D eigenvalue weighted by atomic mass is 10.2. The van der Waals surface area contributed by atoms with E-state index in [-0.39, 0.29) is 6.10 Å². The van der Waals surface area contributed by atoms with E-state index in [0.717, 1.165) is 32.0 Å². The molecule has 0 amide bonds. The molecule has 0 saturated heterocycles. The van der Waals surface area contributed by atoms with Crippen LogP contribution in [0.5, 0.6) is 0 Å². The molecule has 17 heavy (non-hydrogen) atoms. The van der Waals surface area contributed by atoms with Gasteiger partial charge in [0.1, 0.15) is 0 Å². The number of hydrogen-bond donors (Lipinski definition) is 1. The summed E-state index contributed by atoms with van der Waals surface area (Å²) in [5.41, 5.74) is 1.40. The summed E-state index contributed by atoms with van der Waals surface area (Å²) in [4.78, 5) is 2.57. The van der Waals surface area contributed by atoms with E-state index < -0.39 is 0 Å². The van der Waals surface area contributed by atoms with E-state index in [9.17, 15) is 5.11 Å². The van der Waals surface area contributed by atoms with Crippen molar-refractivity contribution >= 4 is 0 Å². The fourth-order valence-corrected chi connectivity index (χ4v) is 2.24. The lowest BCUT2D eigenvalue weighted by Crippen LogP contribution is -2.27. The van der Waals surface area contributed by atoms with Crippen LogP contribution in [0.2, 0.25) is 0 Å². The summed E-state index contributed by atoms with van der Waals surface area (Å²) >= 11 is 0. The van der Waals surface area contributed by atoms with Crippen molar-refractivity contribution in [3.63, 3.8) is 0 Å². The van der Waals surface area contributed by atoms with Gasteiger partial charge in [-0.25, -0.2) is 0 Å². The maximum absolute atomic E-state index is 9.29. The molecule has 1 N–H and O–H groups in total. The highest BCUT2D eigenvalue weighted by atomic mass is 16.3. The molecule has 2 heteroatoms. The third-order valence-electron chi connectivity index (χ3n) is 3.36. The van der Waals surface area contributed by atoms with Crippen LogP contribution in [0.1, 0.15) is 38.2 Å².